The second kappa shape index (κ2) is 2.37. The lowest BCUT2D eigenvalue weighted by molar-refractivity contribution is 0.429. The molecule has 0 heterocycles. The van der Waals surface area contributed by atoms with Gasteiger partial charge in [-0.05, 0) is 6.08 Å². The van der Waals surface area contributed by atoms with Crippen LogP contribution in [0.5, 0.6) is 0 Å². The van der Waals surface area contributed by atoms with E-state index in [1.54, 1.807) is 0 Å². The van der Waals surface area contributed by atoms with Gasteiger partial charge in [-0.15, -0.1) is 0 Å². The van der Waals surface area contributed by atoms with Crippen molar-refractivity contribution in [3.63, 3.8) is 0 Å². The van der Waals surface area contributed by atoms with E-state index in [9.17, 15) is 0 Å². The summed E-state index contributed by atoms with van der Waals surface area (Å²) in [6, 6.07) is 0. The van der Waals surface area contributed by atoms with Crippen LogP contribution in [0.4, 0.5) is 0 Å². The third kappa shape index (κ3) is 1.43. The Hall–Kier alpha value is -0.540. The maximum atomic E-state index is 8.77. The Balaban J connectivity index is 2.95. The number of thiocarbonyl (C=S) groups is 2. The molecule has 0 saturated carbocycles. The Kier molecular flexibility index (Phi) is 1.73. The quantitative estimate of drug-likeness (QED) is 0.536. The number of rotatable bonds is 0. The Bertz CT molecular complexity index is 225. The monoisotopic (exact) mass is 155 g/mol. The normalized spacial score (nSPS) is 18.0. The van der Waals surface area contributed by atoms with E-state index in [0.29, 0.717) is 9.73 Å². The Labute approximate surface area is 63.7 Å². The molecule has 0 amide bonds. The molecule has 1 N–H and O–H groups in total. The van der Waals surface area contributed by atoms with Crippen LogP contribution in [-0.2, 0) is 0 Å². The van der Waals surface area contributed by atoms with Crippen molar-refractivity contribution in [2.45, 2.75) is 0 Å². The molecule has 0 fully saturated rings. The predicted octanol–water partition coefficient (Wildman–Crippen LogP) is 1.54. The predicted molar refractivity (Wildman–Crippen MR) is 43.7 cm³/mol. The highest BCUT2D eigenvalue weighted by Gasteiger charge is 2.03. The molecule has 1 aliphatic rings. The minimum Gasteiger partial charge on any atom is -0.507 e. The van der Waals surface area contributed by atoms with E-state index in [2.05, 4.69) is 6.08 Å². The van der Waals surface area contributed by atoms with Crippen molar-refractivity contribution in [1.29, 1.82) is 0 Å². The van der Waals surface area contributed by atoms with E-state index >= 15 is 0 Å². The molecule has 0 spiro atoms. The van der Waals surface area contributed by atoms with Gasteiger partial charge in [-0.2, -0.15) is 0 Å². The van der Waals surface area contributed by atoms with Crippen LogP contribution in [-0.4, -0.2) is 14.8 Å². The highest BCUT2D eigenvalue weighted by atomic mass is 32.1. The topological polar surface area (TPSA) is 20.2 Å². The van der Waals surface area contributed by atoms with Gasteiger partial charge in [0, 0.05) is 12.2 Å². The largest absolute Gasteiger partial charge is 0.507 e. The highest BCUT2D eigenvalue weighted by Crippen LogP contribution is 2.02. The van der Waals surface area contributed by atoms with Gasteiger partial charge in [-0.1, -0.05) is 24.4 Å². The molecule has 0 aliphatic heterocycles. The van der Waals surface area contributed by atoms with E-state index in [1.165, 1.54) is 12.2 Å². The minimum absolute atomic E-state index is 0.0496. The summed E-state index contributed by atoms with van der Waals surface area (Å²) in [4.78, 5) is 1.06. The van der Waals surface area contributed by atoms with E-state index in [-0.39, 0.29) is 5.76 Å². The van der Waals surface area contributed by atoms with Crippen LogP contribution in [0, 0.1) is 6.08 Å². The molecule has 1 aliphatic carbocycles. The van der Waals surface area contributed by atoms with Gasteiger partial charge in [0.05, 0.1) is 9.73 Å². The van der Waals surface area contributed by atoms with Crippen molar-refractivity contribution in [1.82, 2.24) is 0 Å². The van der Waals surface area contributed by atoms with Crippen molar-refractivity contribution in [3.8, 4) is 0 Å². The highest BCUT2D eigenvalue weighted by molar-refractivity contribution is 7.90. The summed E-state index contributed by atoms with van der Waals surface area (Å²) in [5.41, 5.74) is 0. The summed E-state index contributed by atoms with van der Waals surface area (Å²) < 4.78 is 0. The molecular formula is C6H3OS2. The first kappa shape index (κ1) is 6.58. The van der Waals surface area contributed by atoms with Crippen molar-refractivity contribution >= 4 is 34.2 Å². The molecule has 0 atom stereocenters. The molecule has 0 unspecified atom stereocenters. The zero-order chi connectivity index (χ0) is 6.85. The number of allylic oxidation sites excluding steroid dienone is 3. The lowest BCUT2D eigenvalue weighted by Gasteiger charge is -1.99. The molecule has 45 valence electrons. The molecule has 3 heteroatoms. The maximum Gasteiger partial charge on any atom is 0.125 e. The summed E-state index contributed by atoms with van der Waals surface area (Å²) in [6.07, 6.45) is 5.43. The van der Waals surface area contributed by atoms with Gasteiger partial charge >= 0.3 is 0 Å². The Morgan fingerprint density at radius 2 is 2.00 bits per heavy atom. The summed E-state index contributed by atoms with van der Waals surface area (Å²) in [6.45, 7) is 0. The Morgan fingerprint density at radius 1 is 1.33 bits per heavy atom. The first-order chi connectivity index (χ1) is 4.20. The molecule has 9 heavy (non-hydrogen) atoms. The molecule has 1 rings (SSSR count). The number of hydrogen-bond acceptors (Lipinski definition) is 3. The fourth-order valence-corrected chi connectivity index (χ4v) is 0.736. The van der Waals surface area contributed by atoms with Gasteiger partial charge in [-0.3, -0.25) is 0 Å². The van der Waals surface area contributed by atoms with E-state index in [4.69, 9.17) is 29.5 Å². The number of aliphatic hydroxyl groups is 1. The van der Waals surface area contributed by atoms with Crippen LogP contribution in [0.2, 0.25) is 0 Å². The average molecular weight is 155 g/mol. The van der Waals surface area contributed by atoms with Crippen molar-refractivity contribution in [2.24, 2.45) is 0 Å². The average Bonchev–Trinajstić information content (AvgIpc) is 1.80. The summed E-state index contributed by atoms with van der Waals surface area (Å²) in [5, 5.41) is 8.77. The third-order valence-electron chi connectivity index (χ3n) is 0.862. The van der Waals surface area contributed by atoms with Gasteiger partial charge in [0.25, 0.3) is 0 Å². The second-order valence-electron chi connectivity index (χ2n) is 1.55. The SMILES string of the molecule is OC1=CC(=S)C(=S)C=[C]1. The zero-order valence-corrected chi connectivity index (χ0v) is 6.05. The smallest absolute Gasteiger partial charge is 0.125 e. The molecule has 0 aromatic rings. The van der Waals surface area contributed by atoms with Crippen molar-refractivity contribution in [2.75, 3.05) is 0 Å². The van der Waals surface area contributed by atoms with Crippen LogP contribution in [0.3, 0.4) is 0 Å². The van der Waals surface area contributed by atoms with Gasteiger partial charge in [-0.25, -0.2) is 0 Å². The lowest BCUT2D eigenvalue weighted by atomic mass is 10.2. The van der Waals surface area contributed by atoms with E-state index in [0.717, 1.165) is 0 Å². The fraction of sp³-hybridized carbons (Fsp3) is 0. The Morgan fingerprint density at radius 3 is 2.44 bits per heavy atom. The molecule has 1 nitrogen and oxygen atoms in total. The molecule has 0 saturated heterocycles. The fourth-order valence-electron chi connectivity index (χ4n) is 0.448. The first-order valence-corrected chi connectivity index (χ1v) is 3.10. The van der Waals surface area contributed by atoms with Gasteiger partial charge in [0.15, 0.2) is 0 Å². The van der Waals surface area contributed by atoms with Crippen LogP contribution in [0.1, 0.15) is 0 Å². The zero-order valence-electron chi connectivity index (χ0n) is 4.42. The lowest BCUT2D eigenvalue weighted by Crippen LogP contribution is -2.07. The maximum absolute atomic E-state index is 8.77. The van der Waals surface area contributed by atoms with Crippen LogP contribution < -0.4 is 0 Å². The molecule has 0 aromatic carbocycles. The first-order valence-electron chi connectivity index (χ1n) is 2.29. The summed E-state index contributed by atoms with van der Waals surface area (Å²) in [7, 11) is 0. The molecule has 0 aromatic heterocycles. The standard InChI is InChI=1S/C6H3OS2/c7-4-1-2-5(8)6(9)3-4/h2-3,7H. The number of hydrogen-bond donors (Lipinski definition) is 1. The number of aliphatic hydroxyl groups excluding tert-OH is 1. The van der Waals surface area contributed by atoms with E-state index in [1.807, 2.05) is 0 Å². The van der Waals surface area contributed by atoms with Crippen LogP contribution >= 0.6 is 24.4 Å². The van der Waals surface area contributed by atoms with Crippen molar-refractivity contribution in [3.05, 3.63) is 24.0 Å². The van der Waals surface area contributed by atoms with Crippen LogP contribution in [0.25, 0.3) is 0 Å². The third-order valence-corrected chi connectivity index (χ3v) is 1.67. The van der Waals surface area contributed by atoms with E-state index < -0.39 is 0 Å². The molecule has 1 radical (unpaired) electrons. The molecule has 0 bridgehead atoms. The van der Waals surface area contributed by atoms with Gasteiger partial charge < -0.3 is 5.11 Å². The minimum atomic E-state index is 0.0496. The van der Waals surface area contributed by atoms with Gasteiger partial charge in [0.1, 0.15) is 5.76 Å². The summed E-state index contributed by atoms with van der Waals surface area (Å²) in [5.74, 6) is 0.0496. The van der Waals surface area contributed by atoms with Crippen molar-refractivity contribution < 1.29 is 5.11 Å². The van der Waals surface area contributed by atoms with Crippen LogP contribution in [0.15, 0.2) is 17.9 Å². The molecular weight excluding hydrogens is 152 g/mol. The summed E-state index contributed by atoms with van der Waals surface area (Å²) >= 11 is 9.52. The second-order valence-corrected chi connectivity index (χ2v) is 2.43. The van der Waals surface area contributed by atoms with Gasteiger partial charge in [0.2, 0.25) is 0 Å².